The molecule has 1 rings (SSSR count). The fourth-order valence-electron chi connectivity index (χ4n) is 1.56. The van der Waals surface area contributed by atoms with E-state index < -0.39 is 0 Å². The van der Waals surface area contributed by atoms with Gasteiger partial charge in [0.1, 0.15) is 0 Å². The second-order valence-corrected chi connectivity index (χ2v) is 5.56. The van der Waals surface area contributed by atoms with Gasteiger partial charge in [-0.15, -0.1) is 24.2 Å². The van der Waals surface area contributed by atoms with Gasteiger partial charge in [-0.05, 0) is 19.4 Å². The Morgan fingerprint density at radius 2 is 2.16 bits per heavy atom. The summed E-state index contributed by atoms with van der Waals surface area (Å²) >= 11 is 1.65. The molecule has 0 heterocycles. The molecule has 1 unspecified atom stereocenters. The molecule has 3 nitrogen and oxygen atoms in total. The largest absolute Gasteiger partial charge is 0.341 e. The molecule has 1 aromatic carbocycles. The molecule has 19 heavy (non-hydrogen) atoms. The van der Waals surface area contributed by atoms with E-state index in [2.05, 4.69) is 31.2 Å². The minimum atomic E-state index is 0. The molecular formula is C14H23ClN2OS. The van der Waals surface area contributed by atoms with Crippen LogP contribution < -0.4 is 5.73 Å². The van der Waals surface area contributed by atoms with Crippen molar-refractivity contribution in [2.24, 2.45) is 5.73 Å². The second kappa shape index (κ2) is 9.23. The highest BCUT2D eigenvalue weighted by Crippen LogP contribution is 2.14. The summed E-state index contributed by atoms with van der Waals surface area (Å²) < 4.78 is 0. The number of hydrogen-bond acceptors (Lipinski definition) is 3. The maximum absolute atomic E-state index is 11.9. The molecule has 0 saturated carbocycles. The standard InChI is InChI=1S/C14H22N2OS.ClH/c1-11-5-4-6-13(7-11)9-18-10-14(17)16(3)12(2)8-15;/h4-7,12H,8-10,15H2,1-3H3;1H. The van der Waals surface area contributed by atoms with Crippen molar-refractivity contribution in [3.8, 4) is 0 Å². The van der Waals surface area contributed by atoms with Crippen LogP contribution in [-0.2, 0) is 10.5 Å². The summed E-state index contributed by atoms with van der Waals surface area (Å²) in [5.41, 5.74) is 8.07. The fraction of sp³-hybridized carbons (Fsp3) is 0.500. The number of halogens is 1. The molecule has 0 radical (unpaired) electrons. The minimum Gasteiger partial charge on any atom is -0.341 e. The summed E-state index contributed by atoms with van der Waals surface area (Å²) in [6.45, 7) is 4.55. The van der Waals surface area contributed by atoms with Crippen LogP contribution >= 0.6 is 24.2 Å². The van der Waals surface area contributed by atoms with Crippen molar-refractivity contribution in [1.82, 2.24) is 4.90 Å². The van der Waals surface area contributed by atoms with Crippen LogP contribution in [0, 0.1) is 6.92 Å². The average Bonchev–Trinajstić information content (AvgIpc) is 2.36. The zero-order valence-corrected chi connectivity index (χ0v) is 13.4. The van der Waals surface area contributed by atoms with Crippen LogP contribution in [-0.4, -0.2) is 36.2 Å². The van der Waals surface area contributed by atoms with E-state index in [1.54, 1.807) is 16.7 Å². The molecule has 0 spiro atoms. The van der Waals surface area contributed by atoms with E-state index in [4.69, 9.17) is 5.73 Å². The zero-order valence-electron chi connectivity index (χ0n) is 11.8. The molecule has 0 fully saturated rings. The number of carbonyl (C=O) groups is 1. The van der Waals surface area contributed by atoms with Crippen LogP contribution in [0.5, 0.6) is 0 Å². The highest BCUT2D eigenvalue weighted by Gasteiger charge is 2.13. The van der Waals surface area contributed by atoms with Gasteiger partial charge in [-0.2, -0.15) is 0 Å². The summed E-state index contributed by atoms with van der Waals surface area (Å²) in [5, 5.41) is 0. The molecular weight excluding hydrogens is 280 g/mol. The zero-order chi connectivity index (χ0) is 13.5. The van der Waals surface area contributed by atoms with Gasteiger partial charge in [0, 0.05) is 25.4 Å². The highest BCUT2D eigenvalue weighted by molar-refractivity contribution is 7.99. The molecule has 0 bridgehead atoms. The Kier molecular flexibility index (Phi) is 8.89. The maximum atomic E-state index is 11.9. The molecule has 0 aliphatic rings. The monoisotopic (exact) mass is 302 g/mol. The van der Waals surface area contributed by atoms with Gasteiger partial charge < -0.3 is 10.6 Å². The Hall–Kier alpha value is -0.710. The number of nitrogens with zero attached hydrogens (tertiary/aromatic N) is 1. The molecule has 1 aromatic rings. The first kappa shape index (κ1) is 18.3. The fourth-order valence-corrected chi connectivity index (χ4v) is 2.46. The van der Waals surface area contributed by atoms with Crippen molar-refractivity contribution in [2.75, 3.05) is 19.3 Å². The predicted octanol–water partition coefficient (Wildman–Crippen LogP) is 2.46. The summed E-state index contributed by atoms with van der Waals surface area (Å²) in [5.74, 6) is 1.53. The molecule has 1 atom stereocenters. The van der Waals surface area contributed by atoms with Crippen LogP contribution in [0.15, 0.2) is 24.3 Å². The Morgan fingerprint density at radius 1 is 1.47 bits per heavy atom. The number of benzene rings is 1. The summed E-state index contributed by atoms with van der Waals surface area (Å²) in [4.78, 5) is 13.6. The number of thioether (sulfide) groups is 1. The lowest BCUT2D eigenvalue weighted by Crippen LogP contribution is -2.40. The lowest BCUT2D eigenvalue weighted by molar-refractivity contribution is -0.128. The summed E-state index contributed by atoms with van der Waals surface area (Å²) in [6.07, 6.45) is 0. The van der Waals surface area contributed by atoms with E-state index in [1.165, 1.54) is 11.1 Å². The predicted molar refractivity (Wildman–Crippen MR) is 85.9 cm³/mol. The Labute approximate surface area is 126 Å². The van der Waals surface area contributed by atoms with E-state index in [0.717, 1.165) is 5.75 Å². The third-order valence-corrected chi connectivity index (χ3v) is 3.96. The third kappa shape index (κ3) is 6.32. The number of carbonyl (C=O) groups excluding carboxylic acids is 1. The van der Waals surface area contributed by atoms with Crippen molar-refractivity contribution < 1.29 is 4.79 Å². The second-order valence-electron chi connectivity index (χ2n) is 4.57. The van der Waals surface area contributed by atoms with Crippen LogP contribution in [0.1, 0.15) is 18.1 Å². The van der Waals surface area contributed by atoms with Gasteiger partial charge in [-0.25, -0.2) is 0 Å². The molecule has 0 aliphatic carbocycles. The maximum Gasteiger partial charge on any atom is 0.232 e. The van der Waals surface area contributed by atoms with Crippen molar-refractivity contribution in [2.45, 2.75) is 25.6 Å². The quantitative estimate of drug-likeness (QED) is 0.878. The van der Waals surface area contributed by atoms with Gasteiger partial charge in [0.25, 0.3) is 0 Å². The third-order valence-electron chi connectivity index (χ3n) is 2.97. The van der Waals surface area contributed by atoms with Crippen molar-refractivity contribution >= 4 is 30.1 Å². The Morgan fingerprint density at radius 3 is 2.74 bits per heavy atom. The van der Waals surface area contributed by atoms with Crippen LogP contribution in [0.2, 0.25) is 0 Å². The van der Waals surface area contributed by atoms with Gasteiger partial charge in [0.15, 0.2) is 0 Å². The molecule has 1 amide bonds. The number of rotatable bonds is 6. The lowest BCUT2D eigenvalue weighted by atomic mass is 10.2. The van der Waals surface area contributed by atoms with E-state index in [1.807, 2.05) is 14.0 Å². The minimum absolute atomic E-state index is 0. The molecule has 108 valence electrons. The summed E-state index contributed by atoms with van der Waals surface area (Å²) in [6, 6.07) is 8.49. The Balaban J connectivity index is 0.00000324. The Bertz CT molecular complexity index is 401. The topological polar surface area (TPSA) is 46.3 Å². The molecule has 0 saturated heterocycles. The first-order valence-corrected chi connectivity index (χ1v) is 7.29. The molecule has 0 aliphatic heterocycles. The van der Waals surface area contributed by atoms with Crippen molar-refractivity contribution in [1.29, 1.82) is 0 Å². The number of aryl methyl sites for hydroxylation is 1. The smallest absolute Gasteiger partial charge is 0.232 e. The van der Waals surface area contributed by atoms with Crippen LogP contribution in [0.25, 0.3) is 0 Å². The van der Waals surface area contributed by atoms with Crippen LogP contribution in [0.4, 0.5) is 0 Å². The van der Waals surface area contributed by atoms with Gasteiger partial charge in [-0.1, -0.05) is 29.8 Å². The first-order valence-electron chi connectivity index (χ1n) is 6.13. The molecule has 2 N–H and O–H groups in total. The number of nitrogens with two attached hydrogens (primary N) is 1. The normalized spacial score (nSPS) is 11.6. The van der Waals surface area contributed by atoms with Crippen molar-refractivity contribution in [3.05, 3.63) is 35.4 Å². The summed E-state index contributed by atoms with van der Waals surface area (Å²) in [7, 11) is 1.81. The van der Waals surface area contributed by atoms with Gasteiger partial charge >= 0.3 is 0 Å². The van der Waals surface area contributed by atoms with Crippen LogP contribution in [0.3, 0.4) is 0 Å². The van der Waals surface area contributed by atoms with Gasteiger partial charge in [-0.3, -0.25) is 4.79 Å². The number of hydrogen-bond donors (Lipinski definition) is 1. The number of likely N-dealkylation sites (N-methyl/N-ethyl adjacent to an activating group) is 1. The van der Waals surface area contributed by atoms with E-state index in [9.17, 15) is 4.79 Å². The SMILES string of the molecule is Cc1cccc(CSCC(=O)N(C)C(C)CN)c1.Cl. The van der Waals surface area contributed by atoms with E-state index >= 15 is 0 Å². The highest BCUT2D eigenvalue weighted by atomic mass is 35.5. The average molecular weight is 303 g/mol. The van der Waals surface area contributed by atoms with Gasteiger partial charge in [0.2, 0.25) is 5.91 Å². The molecule has 0 aromatic heterocycles. The van der Waals surface area contributed by atoms with E-state index in [-0.39, 0.29) is 24.4 Å². The molecule has 5 heteroatoms. The first-order chi connectivity index (χ1) is 8.54. The van der Waals surface area contributed by atoms with E-state index in [0.29, 0.717) is 12.3 Å². The van der Waals surface area contributed by atoms with Gasteiger partial charge in [0.05, 0.1) is 5.75 Å². The lowest BCUT2D eigenvalue weighted by Gasteiger charge is -2.23. The van der Waals surface area contributed by atoms with Crippen molar-refractivity contribution in [3.63, 3.8) is 0 Å². The number of amides is 1.